The van der Waals surface area contributed by atoms with Crippen LogP contribution in [0.2, 0.25) is 0 Å². The average Bonchev–Trinajstić information content (AvgIpc) is 2.69. The third-order valence-corrected chi connectivity index (χ3v) is 8.02. The predicted octanol–water partition coefficient (Wildman–Crippen LogP) is 3.74. The Kier molecular flexibility index (Phi) is 5.14. The van der Waals surface area contributed by atoms with Gasteiger partial charge in [-0.05, 0) is 37.8 Å². The molecule has 0 spiro atoms. The van der Waals surface area contributed by atoms with Gasteiger partial charge in [-0.3, -0.25) is 4.98 Å². The van der Waals surface area contributed by atoms with Crippen LogP contribution < -0.4 is 4.74 Å². The Balaban J connectivity index is 1.40. The van der Waals surface area contributed by atoms with Crippen LogP contribution in [0.15, 0.2) is 36.5 Å². The Morgan fingerprint density at radius 3 is 2.46 bits per heavy atom. The van der Waals surface area contributed by atoms with Crippen LogP contribution in [-0.4, -0.2) is 42.2 Å². The summed E-state index contributed by atoms with van der Waals surface area (Å²) in [7, 11) is -3.15. The molecule has 1 aromatic heterocycles. The van der Waals surface area contributed by atoms with Crippen molar-refractivity contribution < 1.29 is 13.2 Å². The van der Waals surface area contributed by atoms with Crippen molar-refractivity contribution in [3.8, 4) is 5.75 Å². The van der Waals surface area contributed by atoms with Gasteiger partial charge < -0.3 is 4.74 Å². The molecule has 140 valence electrons. The van der Waals surface area contributed by atoms with E-state index in [4.69, 9.17) is 4.74 Å². The summed E-state index contributed by atoms with van der Waals surface area (Å²) in [5.41, 5.74) is 0.868. The smallest absolute Gasteiger partial charge is 0.216 e. The summed E-state index contributed by atoms with van der Waals surface area (Å²) in [5.74, 6) is 0.789. The van der Waals surface area contributed by atoms with Gasteiger partial charge in [0.25, 0.3) is 0 Å². The highest BCUT2D eigenvalue weighted by Crippen LogP contribution is 2.30. The number of aromatic nitrogens is 1. The molecule has 4 rings (SSSR count). The molecule has 2 heterocycles. The number of para-hydroxylation sites is 1. The second-order valence-corrected chi connectivity index (χ2v) is 9.57. The molecule has 0 amide bonds. The predicted molar refractivity (Wildman–Crippen MR) is 103 cm³/mol. The molecule has 1 aliphatic heterocycles. The molecule has 5 nitrogen and oxygen atoms in total. The number of benzene rings is 1. The van der Waals surface area contributed by atoms with Crippen LogP contribution in [0.1, 0.15) is 44.9 Å². The first-order valence-corrected chi connectivity index (χ1v) is 11.1. The lowest BCUT2D eigenvalue weighted by atomic mass is 10.0. The fourth-order valence-corrected chi connectivity index (χ4v) is 6.20. The first-order chi connectivity index (χ1) is 12.6. The normalized spacial score (nSPS) is 21.1. The van der Waals surface area contributed by atoms with Crippen molar-refractivity contribution in [2.75, 3.05) is 13.1 Å². The maximum Gasteiger partial charge on any atom is 0.216 e. The Morgan fingerprint density at radius 2 is 1.69 bits per heavy atom. The summed E-state index contributed by atoms with van der Waals surface area (Å²) in [6, 6.07) is 9.88. The Hall–Kier alpha value is -1.66. The van der Waals surface area contributed by atoms with Crippen molar-refractivity contribution >= 4 is 20.9 Å². The van der Waals surface area contributed by atoms with Crippen molar-refractivity contribution in [1.82, 2.24) is 9.29 Å². The van der Waals surface area contributed by atoms with Gasteiger partial charge >= 0.3 is 0 Å². The number of pyridine rings is 1. The zero-order valence-electron chi connectivity index (χ0n) is 15.0. The van der Waals surface area contributed by atoms with Gasteiger partial charge in [0.1, 0.15) is 17.4 Å². The minimum absolute atomic E-state index is 0.0420. The Morgan fingerprint density at radius 1 is 0.962 bits per heavy atom. The number of sulfonamides is 1. The van der Waals surface area contributed by atoms with Crippen LogP contribution >= 0.6 is 0 Å². The summed E-state index contributed by atoms with van der Waals surface area (Å²) in [4.78, 5) is 4.43. The zero-order valence-corrected chi connectivity index (χ0v) is 15.8. The van der Waals surface area contributed by atoms with Gasteiger partial charge in [0, 0.05) is 24.7 Å². The second-order valence-electron chi connectivity index (χ2n) is 7.35. The third kappa shape index (κ3) is 3.58. The number of rotatable bonds is 4. The van der Waals surface area contributed by atoms with Crippen LogP contribution in [-0.2, 0) is 10.0 Å². The van der Waals surface area contributed by atoms with Gasteiger partial charge in [0.05, 0.1) is 5.25 Å². The SMILES string of the molecule is O=S(=O)(C1CCCCC1)N1CCC(Oc2cccc3cccnc23)CC1. The van der Waals surface area contributed by atoms with Gasteiger partial charge in [-0.25, -0.2) is 12.7 Å². The molecule has 0 bridgehead atoms. The van der Waals surface area contributed by atoms with Gasteiger partial charge in [-0.2, -0.15) is 0 Å². The maximum atomic E-state index is 12.9. The summed E-state index contributed by atoms with van der Waals surface area (Å²) < 4.78 is 33.6. The van der Waals surface area contributed by atoms with E-state index in [2.05, 4.69) is 4.98 Å². The number of hydrogen-bond donors (Lipinski definition) is 0. The Bertz CT molecular complexity index is 849. The van der Waals surface area contributed by atoms with E-state index >= 15 is 0 Å². The minimum Gasteiger partial charge on any atom is -0.488 e. The molecule has 1 aromatic carbocycles. The van der Waals surface area contributed by atoms with Gasteiger partial charge in [0.15, 0.2) is 0 Å². The van der Waals surface area contributed by atoms with E-state index in [0.717, 1.165) is 55.2 Å². The maximum absolute atomic E-state index is 12.9. The first-order valence-electron chi connectivity index (χ1n) is 9.64. The lowest BCUT2D eigenvalue weighted by Gasteiger charge is -2.35. The lowest BCUT2D eigenvalue weighted by Crippen LogP contribution is -2.46. The topological polar surface area (TPSA) is 59.5 Å². The summed E-state index contributed by atoms with van der Waals surface area (Å²) in [6.45, 7) is 1.11. The van der Waals surface area contributed by atoms with E-state index < -0.39 is 10.0 Å². The molecular weight excluding hydrogens is 348 g/mol. The van der Waals surface area contributed by atoms with Crippen molar-refractivity contribution in [2.45, 2.75) is 56.3 Å². The highest BCUT2D eigenvalue weighted by molar-refractivity contribution is 7.89. The number of ether oxygens (including phenoxy) is 1. The molecule has 0 atom stereocenters. The molecule has 2 fully saturated rings. The van der Waals surface area contributed by atoms with Crippen LogP contribution in [0.4, 0.5) is 0 Å². The lowest BCUT2D eigenvalue weighted by molar-refractivity contribution is 0.136. The van der Waals surface area contributed by atoms with E-state index in [1.807, 2.05) is 30.3 Å². The van der Waals surface area contributed by atoms with Crippen molar-refractivity contribution in [2.24, 2.45) is 0 Å². The van der Waals surface area contributed by atoms with E-state index in [1.54, 1.807) is 10.5 Å². The van der Waals surface area contributed by atoms with Crippen LogP contribution in [0.5, 0.6) is 5.75 Å². The van der Waals surface area contributed by atoms with Crippen LogP contribution in [0, 0.1) is 0 Å². The molecule has 26 heavy (non-hydrogen) atoms. The summed E-state index contributed by atoms with van der Waals surface area (Å²) in [6.07, 6.45) is 8.16. The standard InChI is InChI=1S/C20H26N2O3S/c23-26(24,18-8-2-1-3-9-18)22-14-11-17(12-15-22)25-19-10-4-6-16-7-5-13-21-20(16)19/h4-7,10,13,17-18H,1-3,8-9,11-12,14-15H2. The molecule has 1 aliphatic carbocycles. The largest absolute Gasteiger partial charge is 0.488 e. The molecule has 0 N–H and O–H groups in total. The van der Waals surface area contributed by atoms with Crippen molar-refractivity contribution in [1.29, 1.82) is 0 Å². The van der Waals surface area contributed by atoms with Crippen LogP contribution in [0.3, 0.4) is 0 Å². The number of fused-ring (bicyclic) bond motifs is 1. The first kappa shape index (κ1) is 17.7. The van der Waals surface area contributed by atoms with E-state index in [9.17, 15) is 8.42 Å². The molecule has 6 heteroatoms. The van der Waals surface area contributed by atoms with E-state index in [-0.39, 0.29) is 11.4 Å². The zero-order chi connectivity index (χ0) is 18.0. The minimum atomic E-state index is -3.15. The molecule has 1 saturated heterocycles. The molecule has 2 aromatic rings. The van der Waals surface area contributed by atoms with E-state index in [0.29, 0.717) is 13.1 Å². The quantitative estimate of drug-likeness (QED) is 0.818. The molecule has 0 unspecified atom stereocenters. The van der Waals surface area contributed by atoms with Crippen molar-refractivity contribution in [3.05, 3.63) is 36.5 Å². The average molecular weight is 375 g/mol. The molecule has 2 aliphatic rings. The van der Waals surface area contributed by atoms with Gasteiger partial charge in [0.2, 0.25) is 10.0 Å². The highest BCUT2D eigenvalue weighted by atomic mass is 32.2. The van der Waals surface area contributed by atoms with Crippen LogP contribution in [0.25, 0.3) is 10.9 Å². The highest BCUT2D eigenvalue weighted by Gasteiger charge is 2.35. The fourth-order valence-electron chi connectivity index (χ4n) is 4.13. The summed E-state index contributed by atoms with van der Waals surface area (Å²) >= 11 is 0. The fraction of sp³-hybridized carbons (Fsp3) is 0.550. The molecule has 1 saturated carbocycles. The van der Waals surface area contributed by atoms with E-state index in [1.165, 1.54) is 6.42 Å². The van der Waals surface area contributed by atoms with Gasteiger partial charge in [-0.1, -0.05) is 37.5 Å². The number of nitrogens with zero attached hydrogens (tertiary/aromatic N) is 2. The second kappa shape index (κ2) is 7.53. The number of hydrogen-bond acceptors (Lipinski definition) is 4. The number of piperidine rings is 1. The summed E-state index contributed by atoms with van der Waals surface area (Å²) in [5, 5.41) is 0.887. The molecular formula is C20H26N2O3S. The van der Waals surface area contributed by atoms with Crippen molar-refractivity contribution in [3.63, 3.8) is 0 Å². The third-order valence-electron chi connectivity index (χ3n) is 5.62. The Labute approximate surface area is 155 Å². The molecule has 0 radical (unpaired) electrons. The van der Waals surface area contributed by atoms with Gasteiger partial charge in [-0.15, -0.1) is 0 Å². The monoisotopic (exact) mass is 374 g/mol.